The molecule has 1 aliphatic heterocycles. The molecule has 0 atom stereocenters. The van der Waals surface area contributed by atoms with Crippen molar-refractivity contribution in [1.29, 1.82) is 0 Å². The summed E-state index contributed by atoms with van der Waals surface area (Å²) in [6.45, 7) is 0.104. The topological polar surface area (TPSA) is 76.2 Å². The Morgan fingerprint density at radius 3 is 2.27 bits per heavy atom. The summed E-state index contributed by atoms with van der Waals surface area (Å²) in [5, 5.41) is 0.945. The first-order valence-electron chi connectivity index (χ1n) is 8.80. The van der Waals surface area contributed by atoms with Gasteiger partial charge < -0.3 is 9.47 Å². The van der Waals surface area contributed by atoms with Crippen LogP contribution in [0.5, 0.6) is 11.5 Å². The van der Waals surface area contributed by atoms with E-state index in [4.69, 9.17) is 32.7 Å². The molecule has 0 aliphatic carbocycles. The van der Waals surface area contributed by atoms with E-state index in [0.29, 0.717) is 32.7 Å². The van der Waals surface area contributed by atoms with Crippen molar-refractivity contribution in [2.24, 2.45) is 0 Å². The fourth-order valence-corrected chi connectivity index (χ4v) is 3.34. The minimum atomic E-state index is -0.697. The van der Waals surface area contributed by atoms with E-state index in [9.17, 15) is 14.4 Å². The third-order valence-corrected chi connectivity index (χ3v) is 5.15. The number of nitrogens with zero attached hydrogens (tertiary/aromatic N) is 2. The maximum absolute atomic E-state index is 12.5. The smallest absolute Gasteiger partial charge is 0.333 e. The maximum atomic E-state index is 12.5. The number of urea groups is 1. The molecular weight excluding hydrogens is 431 g/mol. The van der Waals surface area contributed by atoms with E-state index in [0.717, 1.165) is 9.80 Å². The molecule has 156 valence electrons. The minimum absolute atomic E-state index is 0.104. The number of barbiturate groups is 1. The highest BCUT2D eigenvalue weighted by molar-refractivity contribution is 6.35. The van der Waals surface area contributed by atoms with Gasteiger partial charge in [0.1, 0.15) is 12.2 Å². The van der Waals surface area contributed by atoms with E-state index < -0.39 is 17.8 Å². The molecule has 1 fully saturated rings. The molecule has 2 aromatic rings. The number of carbonyl (C=O) groups excluding carboxylic acids is 3. The second-order valence-corrected chi connectivity index (χ2v) is 7.32. The first-order valence-corrected chi connectivity index (χ1v) is 9.55. The van der Waals surface area contributed by atoms with E-state index in [2.05, 4.69) is 0 Å². The average Bonchev–Trinajstić information content (AvgIpc) is 2.73. The number of carbonyl (C=O) groups is 3. The summed E-state index contributed by atoms with van der Waals surface area (Å²) in [7, 11) is 4.10. The Hall–Kier alpha value is -3.03. The molecule has 9 heteroatoms. The summed E-state index contributed by atoms with van der Waals surface area (Å²) < 4.78 is 11.3. The van der Waals surface area contributed by atoms with Crippen LogP contribution in [0, 0.1) is 0 Å². The Balaban J connectivity index is 1.99. The number of amides is 4. The van der Waals surface area contributed by atoms with Gasteiger partial charge in [0.25, 0.3) is 11.8 Å². The third kappa shape index (κ3) is 4.13. The Labute approximate surface area is 183 Å². The molecule has 1 heterocycles. The van der Waals surface area contributed by atoms with Crippen LogP contribution in [-0.4, -0.2) is 48.9 Å². The van der Waals surface area contributed by atoms with Crippen LogP contribution in [0.3, 0.4) is 0 Å². The fourth-order valence-electron chi connectivity index (χ4n) is 2.88. The molecule has 1 saturated heterocycles. The molecule has 0 aromatic heterocycles. The Morgan fingerprint density at radius 2 is 1.67 bits per heavy atom. The van der Waals surface area contributed by atoms with Crippen LogP contribution in [0.4, 0.5) is 4.79 Å². The lowest BCUT2D eigenvalue weighted by Crippen LogP contribution is -2.52. The molecule has 0 spiro atoms. The predicted octanol–water partition coefficient (Wildman–Crippen LogP) is 4.01. The molecule has 3 rings (SSSR count). The first-order chi connectivity index (χ1) is 14.2. The van der Waals surface area contributed by atoms with Crippen LogP contribution in [0.25, 0.3) is 6.08 Å². The molecule has 1 aliphatic rings. The quantitative estimate of drug-likeness (QED) is 0.509. The summed E-state index contributed by atoms with van der Waals surface area (Å²) in [4.78, 5) is 38.7. The average molecular weight is 449 g/mol. The summed E-state index contributed by atoms with van der Waals surface area (Å²) in [6, 6.07) is 9.40. The van der Waals surface area contributed by atoms with Crippen molar-refractivity contribution in [2.45, 2.75) is 6.61 Å². The second-order valence-electron chi connectivity index (χ2n) is 6.47. The van der Waals surface area contributed by atoms with Crippen molar-refractivity contribution in [1.82, 2.24) is 9.80 Å². The number of ether oxygens (including phenoxy) is 2. The van der Waals surface area contributed by atoms with Gasteiger partial charge in [0, 0.05) is 35.3 Å². The van der Waals surface area contributed by atoms with E-state index >= 15 is 0 Å². The Morgan fingerprint density at radius 1 is 1.00 bits per heavy atom. The van der Waals surface area contributed by atoms with E-state index in [1.165, 1.54) is 27.3 Å². The lowest BCUT2D eigenvalue weighted by molar-refractivity contribution is -0.134. The predicted molar refractivity (Wildman–Crippen MR) is 113 cm³/mol. The molecule has 4 amide bonds. The zero-order valence-corrected chi connectivity index (χ0v) is 18.0. The van der Waals surface area contributed by atoms with Gasteiger partial charge in [-0.3, -0.25) is 19.4 Å². The number of para-hydroxylation sites is 1. The van der Waals surface area contributed by atoms with Gasteiger partial charge in [-0.15, -0.1) is 0 Å². The molecule has 0 unspecified atom stereocenters. The number of rotatable bonds is 5. The minimum Gasteiger partial charge on any atom is -0.493 e. The Kier molecular flexibility index (Phi) is 6.34. The van der Waals surface area contributed by atoms with Crippen LogP contribution < -0.4 is 9.47 Å². The van der Waals surface area contributed by atoms with Crippen LogP contribution in [0.2, 0.25) is 10.0 Å². The summed E-state index contributed by atoms with van der Waals surface area (Å²) in [5.41, 5.74) is 0.968. The van der Waals surface area contributed by atoms with Crippen molar-refractivity contribution in [3.63, 3.8) is 0 Å². The molecule has 0 bridgehead atoms. The van der Waals surface area contributed by atoms with Gasteiger partial charge in [0.05, 0.1) is 7.11 Å². The molecule has 2 aromatic carbocycles. The number of hydrogen-bond acceptors (Lipinski definition) is 5. The molecule has 0 saturated carbocycles. The van der Waals surface area contributed by atoms with E-state index in [-0.39, 0.29) is 12.2 Å². The van der Waals surface area contributed by atoms with Crippen molar-refractivity contribution < 1.29 is 23.9 Å². The van der Waals surface area contributed by atoms with Crippen molar-refractivity contribution in [2.75, 3.05) is 21.2 Å². The van der Waals surface area contributed by atoms with Gasteiger partial charge in [0.2, 0.25) is 0 Å². The van der Waals surface area contributed by atoms with Gasteiger partial charge in [-0.25, -0.2) is 4.79 Å². The number of methoxy groups -OCH3 is 1. The largest absolute Gasteiger partial charge is 0.493 e. The lowest BCUT2D eigenvalue weighted by atomic mass is 10.1. The van der Waals surface area contributed by atoms with Crippen LogP contribution in [0.15, 0.2) is 42.0 Å². The van der Waals surface area contributed by atoms with Crippen LogP contribution in [0.1, 0.15) is 11.1 Å². The van der Waals surface area contributed by atoms with Gasteiger partial charge >= 0.3 is 6.03 Å². The standard InChI is InChI=1S/C21H18Cl2N2O5/c1-24-19(26)15(20(27)25(2)21(24)28)9-12-5-4-6-17(29-3)18(12)30-11-13-7-8-14(22)10-16(13)23/h4-10H,11H2,1-3H3. The van der Waals surface area contributed by atoms with Crippen LogP contribution >= 0.6 is 23.2 Å². The van der Waals surface area contributed by atoms with Gasteiger partial charge in [0.15, 0.2) is 11.5 Å². The summed E-state index contributed by atoms with van der Waals surface area (Å²) in [5.74, 6) is -0.667. The zero-order chi connectivity index (χ0) is 22.0. The number of benzene rings is 2. The highest BCUT2D eigenvalue weighted by Gasteiger charge is 2.38. The molecule has 0 radical (unpaired) electrons. The van der Waals surface area contributed by atoms with E-state index in [1.807, 2.05) is 0 Å². The number of likely N-dealkylation sites (N-methyl/N-ethyl adjacent to an activating group) is 2. The first kappa shape index (κ1) is 21.7. The van der Waals surface area contributed by atoms with E-state index in [1.54, 1.807) is 36.4 Å². The van der Waals surface area contributed by atoms with Crippen molar-refractivity contribution in [3.8, 4) is 11.5 Å². The highest BCUT2D eigenvalue weighted by Crippen LogP contribution is 2.35. The Bertz CT molecular complexity index is 1040. The molecular formula is C21H18Cl2N2O5. The van der Waals surface area contributed by atoms with Gasteiger partial charge in [-0.2, -0.15) is 0 Å². The third-order valence-electron chi connectivity index (χ3n) is 4.56. The molecule has 0 N–H and O–H groups in total. The number of halogens is 2. The van der Waals surface area contributed by atoms with Gasteiger partial charge in [-0.1, -0.05) is 41.4 Å². The lowest BCUT2D eigenvalue weighted by Gasteiger charge is -2.29. The van der Waals surface area contributed by atoms with Crippen molar-refractivity contribution in [3.05, 3.63) is 63.1 Å². The summed E-state index contributed by atoms with van der Waals surface area (Å²) >= 11 is 12.1. The highest BCUT2D eigenvalue weighted by atomic mass is 35.5. The number of imide groups is 2. The molecule has 30 heavy (non-hydrogen) atoms. The zero-order valence-electron chi connectivity index (χ0n) is 16.4. The monoisotopic (exact) mass is 448 g/mol. The SMILES string of the molecule is COc1cccc(C=C2C(=O)N(C)C(=O)N(C)C2=O)c1OCc1ccc(Cl)cc1Cl. The maximum Gasteiger partial charge on any atom is 0.333 e. The summed E-state index contributed by atoms with van der Waals surface area (Å²) in [6.07, 6.45) is 1.38. The van der Waals surface area contributed by atoms with Crippen LogP contribution in [-0.2, 0) is 16.2 Å². The fraction of sp³-hybridized carbons (Fsp3) is 0.190. The normalized spacial score (nSPS) is 14.3. The molecule has 7 nitrogen and oxygen atoms in total. The number of hydrogen-bond donors (Lipinski definition) is 0. The van der Waals surface area contributed by atoms with Crippen molar-refractivity contribution >= 4 is 47.1 Å². The second kappa shape index (κ2) is 8.77. The van der Waals surface area contributed by atoms with Gasteiger partial charge in [-0.05, 0) is 24.3 Å².